The van der Waals surface area contributed by atoms with Gasteiger partial charge in [0, 0.05) is 19.0 Å². The molecule has 0 radical (unpaired) electrons. The quantitative estimate of drug-likeness (QED) is 0.784. The Kier molecular flexibility index (Phi) is 5.00. The predicted octanol–water partition coefficient (Wildman–Crippen LogP) is 2.03. The molecule has 0 spiro atoms. The lowest BCUT2D eigenvalue weighted by Gasteiger charge is -2.32. The highest BCUT2D eigenvalue weighted by Crippen LogP contribution is 2.34. The average Bonchev–Trinajstić information content (AvgIpc) is 3.10. The van der Waals surface area contributed by atoms with Gasteiger partial charge in [-0.2, -0.15) is 0 Å². The molecule has 2 aliphatic heterocycles. The molecule has 2 aromatic rings. The van der Waals surface area contributed by atoms with Gasteiger partial charge >= 0.3 is 0 Å². The van der Waals surface area contributed by atoms with E-state index in [1.165, 1.54) is 32.2 Å². The van der Waals surface area contributed by atoms with E-state index in [0.29, 0.717) is 33.7 Å². The first-order valence-corrected chi connectivity index (χ1v) is 9.99. The number of piperidine rings is 1. The summed E-state index contributed by atoms with van der Waals surface area (Å²) in [6.45, 7) is 5.47. The SMILES string of the molecule is CCC1CCCC[NH+]1CCCn1c(=S)[nH]c2cc3c(cc2c1=O)OCO3. The van der Waals surface area contributed by atoms with Gasteiger partial charge in [-0.05, 0) is 44.0 Å². The first-order valence-electron chi connectivity index (χ1n) is 9.58. The zero-order valence-electron chi connectivity index (χ0n) is 15.2. The fourth-order valence-corrected chi connectivity index (χ4v) is 4.57. The van der Waals surface area contributed by atoms with E-state index in [9.17, 15) is 4.79 Å². The van der Waals surface area contributed by atoms with Crippen LogP contribution < -0.4 is 19.9 Å². The molecule has 0 saturated carbocycles. The number of hydrogen-bond acceptors (Lipinski definition) is 4. The second-order valence-corrected chi connectivity index (χ2v) is 7.64. The van der Waals surface area contributed by atoms with Crippen molar-refractivity contribution in [3.63, 3.8) is 0 Å². The molecule has 2 aliphatic rings. The number of likely N-dealkylation sites (tertiary alicyclic amines) is 1. The average molecular weight is 377 g/mol. The van der Waals surface area contributed by atoms with Crippen molar-refractivity contribution in [2.45, 2.75) is 51.6 Å². The Hall–Kier alpha value is -1.86. The van der Waals surface area contributed by atoms with Gasteiger partial charge in [-0.1, -0.05) is 6.92 Å². The third-order valence-corrected chi connectivity index (χ3v) is 6.05. The maximum absolute atomic E-state index is 12.9. The molecule has 3 heterocycles. The monoisotopic (exact) mass is 376 g/mol. The number of hydrogen-bond donors (Lipinski definition) is 2. The standard InChI is InChI=1S/C19H25N3O3S/c1-2-13-6-3-4-7-21(13)8-5-9-22-18(23)14-10-16-17(25-12-24-16)11-15(14)20-19(22)26/h10-11,13H,2-9,12H2,1H3,(H,20,26)/p+1. The minimum Gasteiger partial charge on any atom is -0.454 e. The molecule has 1 saturated heterocycles. The Balaban J connectivity index is 1.54. The number of nitrogens with zero attached hydrogens (tertiary/aromatic N) is 1. The molecular formula is C19H26N3O3S+. The van der Waals surface area contributed by atoms with E-state index in [1.807, 2.05) is 0 Å². The fraction of sp³-hybridized carbons (Fsp3) is 0.579. The van der Waals surface area contributed by atoms with E-state index in [0.717, 1.165) is 19.0 Å². The Bertz CT molecular complexity index is 921. The van der Waals surface area contributed by atoms with Gasteiger partial charge in [0.1, 0.15) is 0 Å². The largest absolute Gasteiger partial charge is 0.454 e. The van der Waals surface area contributed by atoms with E-state index < -0.39 is 0 Å². The summed E-state index contributed by atoms with van der Waals surface area (Å²) in [5.41, 5.74) is 0.649. The van der Waals surface area contributed by atoms with Gasteiger partial charge in [0.15, 0.2) is 16.3 Å². The van der Waals surface area contributed by atoms with Crippen LogP contribution in [0, 0.1) is 4.77 Å². The van der Waals surface area contributed by atoms with Gasteiger partial charge in [0.2, 0.25) is 6.79 Å². The smallest absolute Gasteiger partial charge is 0.262 e. The third kappa shape index (κ3) is 3.25. The van der Waals surface area contributed by atoms with E-state index in [2.05, 4.69) is 11.9 Å². The molecule has 4 rings (SSSR count). The highest BCUT2D eigenvalue weighted by Gasteiger charge is 2.24. The normalized spacial score (nSPS) is 22.0. The van der Waals surface area contributed by atoms with Gasteiger partial charge in [0.05, 0.1) is 30.0 Å². The molecular weight excluding hydrogens is 350 g/mol. The Morgan fingerprint density at radius 1 is 1.31 bits per heavy atom. The molecule has 6 nitrogen and oxygen atoms in total. The van der Waals surface area contributed by atoms with Crippen molar-refractivity contribution >= 4 is 23.1 Å². The van der Waals surface area contributed by atoms with Crippen molar-refractivity contribution in [1.82, 2.24) is 9.55 Å². The van der Waals surface area contributed by atoms with Crippen molar-refractivity contribution in [3.8, 4) is 11.5 Å². The van der Waals surface area contributed by atoms with Gasteiger partial charge in [-0.25, -0.2) is 0 Å². The minimum absolute atomic E-state index is 0.0530. The van der Waals surface area contributed by atoms with E-state index >= 15 is 0 Å². The van der Waals surface area contributed by atoms with Gasteiger partial charge in [0.25, 0.3) is 5.56 Å². The number of aromatic nitrogens is 2. The number of aromatic amines is 1. The van der Waals surface area contributed by atoms with Crippen molar-refractivity contribution < 1.29 is 14.4 Å². The first-order chi connectivity index (χ1) is 12.7. The molecule has 7 heteroatoms. The summed E-state index contributed by atoms with van der Waals surface area (Å²) in [5.74, 6) is 1.27. The number of benzene rings is 1. The maximum atomic E-state index is 12.9. The highest BCUT2D eigenvalue weighted by molar-refractivity contribution is 7.71. The number of quaternary nitrogens is 1. The van der Waals surface area contributed by atoms with Crippen LogP contribution in [0.5, 0.6) is 11.5 Å². The van der Waals surface area contributed by atoms with Gasteiger partial charge in [-0.15, -0.1) is 0 Å². The molecule has 1 aromatic carbocycles. The lowest BCUT2D eigenvalue weighted by molar-refractivity contribution is -0.931. The fourth-order valence-electron chi connectivity index (χ4n) is 4.28. The number of rotatable bonds is 5. The Labute approximate surface area is 157 Å². The van der Waals surface area contributed by atoms with Crippen molar-refractivity contribution in [2.75, 3.05) is 19.9 Å². The molecule has 2 unspecified atom stereocenters. The third-order valence-electron chi connectivity index (χ3n) is 5.73. The first kappa shape index (κ1) is 17.5. The lowest BCUT2D eigenvalue weighted by Crippen LogP contribution is -3.16. The summed E-state index contributed by atoms with van der Waals surface area (Å²) in [7, 11) is 0. The summed E-state index contributed by atoms with van der Waals surface area (Å²) < 4.78 is 12.9. The Morgan fingerprint density at radius 3 is 2.92 bits per heavy atom. The Morgan fingerprint density at radius 2 is 2.12 bits per heavy atom. The van der Waals surface area contributed by atoms with Crippen LogP contribution in [0.2, 0.25) is 0 Å². The minimum atomic E-state index is -0.0530. The van der Waals surface area contributed by atoms with E-state index in [-0.39, 0.29) is 12.4 Å². The summed E-state index contributed by atoms with van der Waals surface area (Å²) in [6, 6.07) is 4.32. The van der Waals surface area contributed by atoms with Gasteiger partial charge in [-0.3, -0.25) is 9.36 Å². The lowest BCUT2D eigenvalue weighted by atomic mass is 10.00. The van der Waals surface area contributed by atoms with E-state index in [4.69, 9.17) is 21.7 Å². The van der Waals surface area contributed by atoms with Crippen molar-refractivity contribution in [2.24, 2.45) is 0 Å². The number of H-pyrrole nitrogens is 1. The summed E-state index contributed by atoms with van der Waals surface area (Å²) in [6.07, 6.45) is 6.19. The van der Waals surface area contributed by atoms with Crippen molar-refractivity contribution in [3.05, 3.63) is 27.3 Å². The van der Waals surface area contributed by atoms with Crippen LogP contribution in [0.4, 0.5) is 0 Å². The van der Waals surface area contributed by atoms with Crippen LogP contribution in [0.25, 0.3) is 10.9 Å². The maximum Gasteiger partial charge on any atom is 0.262 e. The van der Waals surface area contributed by atoms with Crippen LogP contribution in [0.1, 0.15) is 39.0 Å². The second kappa shape index (κ2) is 7.40. The topological polar surface area (TPSA) is 60.7 Å². The molecule has 140 valence electrons. The van der Waals surface area contributed by atoms with Crippen LogP contribution in [0.3, 0.4) is 0 Å². The summed E-state index contributed by atoms with van der Waals surface area (Å²) in [4.78, 5) is 17.8. The molecule has 0 aliphatic carbocycles. The van der Waals surface area contributed by atoms with Crippen LogP contribution in [-0.2, 0) is 6.54 Å². The van der Waals surface area contributed by atoms with E-state index in [1.54, 1.807) is 21.6 Å². The summed E-state index contributed by atoms with van der Waals surface area (Å²) >= 11 is 5.44. The number of fused-ring (bicyclic) bond motifs is 2. The highest BCUT2D eigenvalue weighted by atomic mass is 32.1. The molecule has 0 bridgehead atoms. The molecule has 0 amide bonds. The molecule has 1 fully saturated rings. The van der Waals surface area contributed by atoms with Crippen LogP contribution in [-0.4, -0.2) is 35.5 Å². The van der Waals surface area contributed by atoms with Crippen LogP contribution in [0.15, 0.2) is 16.9 Å². The number of ether oxygens (including phenoxy) is 2. The second-order valence-electron chi connectivity index (χ2n) is 7.25. The zero-order valence-corrected chi connectivity index (χ0v) is 16.0. The predicted molar refractivity (Wildman–Crippen MR) is 103 cm³/mol. The molecule has 2 N–H and O–H groups in total. The number of nitrogens with one attached hydrogen (secondary N) is 2. The van der Waals surface area contributed by atoms with Gasteiger partial charge < -0.3 is 19.4 Å². The molecule has 26 heavy (non-hydrogen) atoms. The van der Waals surface area contributed by atoms with Crippen molar-refractivity contribution in [1.29, 1.82) is 0 Å². The zero-order chi connectivity index (χ0) is 18.1. The molecule has 1 aromatic heterocycles. The summed E-state index contributed by atoms with van der Waals surface area (Å²) in [5, 5.41) is 0.597. The van der Waals surface area contributed by atoms with Crippen LogP contribution >= 0.6 is 12.2 Å². The molecule has 2 atom stereocenters.